The summed E-state index contributed by atoms with van der Waals surface area (Å²) in [6, 6.07) is 19.9. The molecule has 0 spiro atoms. The Balaban J connectivity index is 1.50. The maximum Gasteiger partial charge on any atom is 0.231 e. The standard InChI is InChI=1S/C26H24O3/c1-4-19-7-9-20(10-8-19)14-25-26(27)23-12-11-22(15-24(23)29-25)28-16-21-13-17(2)5-6-18(21)3/h5-15H,4,16H2,1-3H3/b25-14+. The first kappa shape index (κ1) is 19.0. The number of ether oxygens (including phenoxy) is 2. The molecule has 0 atom stereocenters. The molecule has 1 aliphatic rings. The van der Waals surface area contributed by atoms with E-state index in [4.69, 9.17) is 9.47 Å². The second-order valence-corrected chi connectivity index (χ2v) is 7.41. The molecular weight excluding hydrogens is 360 g/mol. The molecule has 3 heteroatoms. The molecule has 1 aliphatic heterocycles. The van der Waals surface area contributed by atoms with E-state index in [1.165, 1.54) is 16.7 Å². The van der Waals surface area contributed by atoms with Gasteiger partial charge in [0.15, 0.2) is 5.76 Å². The van der Waals surface area contributed by atoms with Crippen LogP contribution in [0.15, 0.2) is 66.4 Å². The summed E-state index contributed by atoms with van der Waals surface area (Å²) in [6.07, 6.45) is 2.78. The molecule has 0 unspecified atom stereocenters. The molecule has 1 heterocycles. The summed E-state index contributed by atoms with van der Waals surface area (Å²) in [4.78, 5) is 12.7. The number of Topliss-reactive ketones (excluding diaryl/α,β-unsaturated/α-hetero) is 1. The first-order chi connectivity index (χ1) is 14.0. The van der Waals surface area contributed by atoms with Crippen molar-refractivity contribution >= 4 is 11.9 Å². The maximum atomic E-state index is 12.7. The summed E-state index contributed by atoms with van der Waals surface area (Å²) < 4.78 is 11.8. The SMILES string of the molecule is CCc1ccc(/C=C2/Oc3cc(OCc4cc(C)ccc4C)ccc3C2=O)cc1. The Morgan fingerprint density at radius 2 is 1.76 bits per heavy atom. The average Bonchev–Trinajstić information content (AvgIpc) is 3.04. The molecule has 0 amide bonds. The van der Waals surface area contributed by atoms with Crippen molar-refractivity contribution < 1.29 is 14.3 Å². The van der Waals surface area contributed by atoms with E-state index >= 15 is 0 Å². The predicted octanol–water partition coefficient (Wildman–Crippen LogP) is 6.06. The van der Waals surface area contributed by atoms with Crippen LogP contribution in [0, 0.1) is 13.8 Å². The number of aryl methyl sites for hydroxylation is 3. The lowest BCUT2D eigenvalue weighted by molar-refractivity contribution is 0.101. The Labute approximate surface area is 171 Å². The van der Waals surface area contributed by atoms with Gasteiger partial charge < -0.3 is 9.47 Å². The lowest BCUT2D eigenvalue weighted by atomic mass is 10.1. The van der Waals surface area contributed by atoms with Gasteiger partial charge in [0, 0.05) is 6.07 Å². The minimum atomic E-state index is -0.0966. The number of carbonyl (C=O) groups is 1. The average molecular weight is 384 g/mol. The Bertz CT molecular complexity index is 1090. The van der Waals surface area contributed by atoms with Gasteiger partial charge >= 0.3 is 0 Å². The molecule has 0 N–H and O–H groups in total. The number of rotatable bonds is 5. The van der Waals surface area contributed by atoms with Crippen LogP contribution in [0.5, 0.6) is 11.5 Å². The molecule has 29 heavy (non-hydrogen) atoms. The van der Waals surface area contributed by atoms with Crippen molar-refractivity contribution in [2.75, 3.05) is 0 Å². The Kier molecular flexibility index (Phi) is 5.22. The van der Waals surface area contributed by atoms with E-state index in [9.17, 15) is 4.79 Å². The first-order valence-corrected chi connectivity index (χ1v) is 9.89. The van der Waals surface area contributed by atoms with E-state index in [1.807, 2.05) is 18.2 Å². The summed E-state index contributed by atoms with van der Waals surface area (Å²) in [5.74, 6) is 1.48. The molecule has 0 bridgehead atoms. The van der Waals surface area contributed by atoms with Gasteiger partial charge in [-0.2, -0.15) is 0 Å². The summed E-state index contributed by atoms with van der Waals surface area (Å²) >= 11 is 0. The third-order valence-corrected chi connectivity index (χ3v) is 5.23. The van der Waals surface area contributed by atoms with E-state index in [0.29, 0.717) is 29.4 Å². The van der Waals surface area contributed by atoms with Crippen LogP contribution >= 0.6 is 0 Å². The van der Waals surface area contributed by atoms with E-state index in [0.717, 1.165) is 17.5 Å². The molecule has 3 nitrogen and oxygen atoms in total. The second kappa shape index (κ2) is 7.96. The monoisotopic (exact) mass is 384 g/mol. The van der Waals surface area contributed by atoms with Crippen LogP contribution in [-0.4, -0.2) is 5.78 Å². The number of hydrogen-bond acceptors (Lipinski definition) is 3. The lowest BCUT2D eigenvalue weighted by Gasteiger charge is -2.10. The smallest absolute Gasteiger partial charge is 0.231 e. The number of allylic oxidation sites excluding steroid dienone is 1. The number of fused-ring (bicyclic) bond motifs is 1. The van der Waals surface area contributed by atoms with Crippen molar-refractivity contribution in [3.63, 3.8) is 0 Å². The van der Waals surface area contributed by atoms with Crippen molar-refractivity contribution in [1.29, 1.82) is 0 Å². The molecule has 0 aliphatic carbocycles. The predicted molar refractivity (Wildman–Crippen MR) is 115 cm³/mol. The fraction of sp³-hybridized carbons (Fsp3) is 0.192. The highest BCUT2D eigenvalue weighted by molar-refractivity contribution is 6.14. The molecule has 0 saturated carbocycles. The van der Waals surface area contributed by atoms with Crippen LogP contribution in [-0.2, 0) is 13.0 Å². The van der Waals surface area contributed by atoms with Gasteiger partial charge in [0.25, 0.3) is 0 Å². The van der Waals surface area contributed by atoms with E-state index < -0.39 is 0 Å². The lowest BCUT2D eigenvalue weighted by Crippen LogP contribution is -1.99. The van der Waals surface area contributed by atoms with Crippen molar-refractivity contribution in [1.82, 2.24) is 0 Å². The molecule has 0 radical (unpaired) electrons. The second-order valence-electron chi connectivity index (χ2n) is 7.41. The van der Waals surface area contributed by atoms with Gasteiger partial charge in [0.1, 0.15) is 18.1 Å². The first-order valence-electron chi connectivity index (χ1n) is 9.89. The van der Waals surface area contributed by atoms with Gasteiger partial charge in [-0.05, 0) is 60.7 Å². The van der Waals surface area contributed by atoms with E-state index in [-0.39, 0.29) is 5.78 Å². The minimum absolute atomic E-state index is 0.0966. The third-order valence-electron chi connectivity index (χ3n) is 5.23. The normalized spacial score (nSPS) is 14.0. The fourth-order valence-corrected chi connectivity index (χ4v) is 3.37. The van der Waals surface area contributed by atoms with Crippen LogP contribution in [0.4, 0.5) is 0 Å². The quantitative estimate of drug-likeness (QED) is 0.502. The zero-order valence-electron chi connectivity index (χ0n) is 17.0. The zero-order chi connectivity index (χ0) is 20.4. The van der Waals surface area contributed by atoms with Crippen LogP contribution in [0.2, 0.25) is 0 Å². The number of benzene rings is 3. The van der Waals surface area contributed by atoms with Crippen molar-refractivity contribution in [3.8, 4) is 11.5 Å². The Morgan fingerprint density at radius 3 is 2.52 bits per heavy atom. The molecule has 0 aromatic heterocycles. The van der Waals surface area contributed by atoms with E-state index in [2.05, 4.69) is 51.1 Å². The highest BCUT2D eigenvalue weighted by atomic mass is 16.5. The molecule has 4 rings (SSSR count). The largest absolute Gasteiger partial charge is 0.489 e. The van der Waals surface area contributed by atoms with Crippen LogP contribution in [0.1, 0.15) is 45.1 Å². The summed E-state index contributed by atoms with van der Waals surface area (Å²) in [7, 11) is 0. The topological polar surface area (TPSA) is 35.5 Å². The number of carbonyl (C=O) groups excluding carboxylic acids is 1. The molecule has 0 fully saturated rings. The fourth-order valence-electron chi connectivity index (χ4n) is 3.37. The summed E-state index contributed by atoms with van der Waals surface area (Å²) in [5.41, 5.74) is 6.34. The zero-order valence-corrected chi connectivity index (χ0v) is 17.0. The maximum absolute atomic E-state index is 12.7. The minimum Gasteiger partial charge on any atom is -0.489 e. The molecule has 3 aromatic rings. The van der Waals surface area contributed by atoms with Gasteiger partial charge in [-0.3, -0.25) is 4.79 Å². The van der Waals surface area contributed by atoms with E-state index in [1.54, 1.807) is 18.2 Å². The van der Waals surface area contributed by atoms with Crippen molar-refractivity contribution in [2.24, 2.45) is 0 Å². The number of hydrogen-bond donors (Lipinski definition) is 0. The Morgan fingerprint density at radius 1 is 0.966 bits per heavy atom. The van der Waals surface area contributed by atoms with Gasteiger partial charge in [-0.25, -0.2) is 0 Å². The molecular formula is C26H24O3. The summed E-state index contributed by atoms with van der Waals surface area (Å²) in [5, 5.41) is 0. The summed E-state index contributed by atoms with van der Waals surface area (Å²) in [6.45, 7) is 6.74. The van der Waals surface area contributed by atoms with Gasteiger partial charge in [0.2, 0.25) is 5.78 Å². The molecule has 3 aromatic carbocycles. The van der Waals surface area contributed by atoms with Crippen molar-refractivity contribution in [2.45, 2.75) is 33.8 Å². The van der Waals surface area contributed by atoms with Crippen molar-refractivity contribution in [3.05, 3.63) is 99.8 Å². The highest BCUT2D eigenvalue weighted by Gasteiger charge is 2.27. The van der Waals surface area contributed by atoms with Crippen LogP contribution < -0.4 is 9.47 Å². The molecule has 146 valence electrons. The molecule has 0 saturated heterocycles. The van der Waals surface area contributed by atoms with Gasteiger partial charge in [0.05, 0.1) is 5.56 Å². The third kappa shape index (κ3) is 4.09. The Hall–Kier alpha value is -3.33. The number of ketones is 1. The van der Waals surface area contributed by atoms with Gasteiger partial charge in [-0.1, -0.05) is 55.0 Å². The highest BCUT2D eigenvalue weighted by Crippen LogP contribution is 2.35. The van der Waals surface area contributed by atoms with Crippen LogP contribution in [0.25, 0.3) is 6.08 Å². The van der Waals surface area contributed by atoms with Crippen LogP contribution in [0.3, 0.4) is 0 Å². The van der Waals surface area contributed by atoms with Gasteiger partial charge in [-0.15, -0.1) is 0 Å².